The van der Waals surface area contributed by atoms with E-state index in [0.717, 1.165) is 22.6 Å². The van der Waals surface area contributed by atoms with E-state index in [0.29, 0.717) is 5.69 Å². The largest absolute Gasteiger partial charge is 0.497 e. The van der Waals surface area contributed by atoms with E-state index in [9.17, 15) is 9.59 Å². The smallest absolute Gasteiger partial charge is 0.266 e. The number of fused-ring (bicyclic) bond motifs is 1. The lowest BCUT2D eigenvalue weighted by Gasteiger charge is -2.28. The fourth-order valence-electron chi connectivity index (χ4n) is 4.30. The van der Waals surface area contributed by atoms with Crippen molar-refractivity contribution in [2.24, 2.45) is 5.92 Å². The van der Waals surface area contributed by atoms with E-state index >= 15 is 0 Å². The molecule has 3 aromatic carbocycles. The highest BCUT2D eigenvalue weighted by Crippen LogP contribution is 2.47. The second-order valence-electron chi connectivity index (χ2n) is 7.78. The predicted molar refractivity (Wildman–Crippen MR) is 117 cm³/mol. The molecule has 0 aliphatic carbocycles. The molecule has 3 atom stereocenters. The highest BCUT2D eigenvalue weighted by Gasteiger charge is 2.60. The van der Waals surface area contributed by atoms with Crippen LogP contribution in [0.3, 0.4) is 0 Å². The van der Waals surface area contributed by atoms with Crippen LogP contribution in [0.1, 0.15) is 17.2 Å². The number of rotatable bonds is 4. The Morgan fingerprint density at radius 1 is 0.806 bits per heavy atom. The summed E-state index contributed by atoms with van der Waals surface area (Å²) in [6.07, 6.45) is -0.874. The van der Waals surface area contributed by atoms with E-state index in [-0.39, 0.29) is 11.8 Å². The molecule has 5 rings (SSSR count). The number of carbonyl (C=O) groups is 2. The van der Waals surface area contributed by atoms with Gasteiger partial charge in [0.15, 0.2) is 6.10 Å². The molecule has 0 N–H and O–H groups in total. The van der Waals surface area contributed by atoms with Crippen molar-refractivity contribution in [1.82, 2.24) is 0 Å². The van der Waals surface area contributed by atoms with Crippen LogP contribution in [0.4, 0.5) is 11.4 Å². The molecule has 6 nitrogen and oxygen atoms in total. The van der Waals surface area contributed by atoms with E-state index in [1.807, 2.05) is 73.7 Å². The minimum absolute atomic E-state index is 0.247. The van der Waals surface area contributed by atoms with Crippen LogP contribution in [0.2, 0.25) is 0 Å². The van der Waals surface area contributed by atoms with Crippen LogP contribution in [0.15, 0.2) is 78.9 Å². The number of amides is 2. The quantitative estimate of drug-likeness (QED) is 0.603. The van der Waals surface area contributed by atoms with Gasteiger partial charge in [-0.1, -0.05) is 48.0 Å². The van der Waals surface area contributed by atoms with Crippen LogP contribution in [-0.2, 0) is 14.4 Å². The standard InChI is InChI=1S/C25H22N2O4/c1-16-8-10-18(11-9-16)26-24(28)21-22(17-6-4-3-5-7-17)27(31-23(21)25(26)29)19-12-14-20(30-2)15-13-19/h3-15,21-23H,1-2H3. The number of methoxy groups -OCH3 is 1. The number of hydroxylamine groups is 1. The van der Waals surface area contributed by atoms with Gasteiger partial charge in [-0.3, -0.25) is 14.4 Å². The van der Waals surface area contributed by atoms with Gasteiger partial charge in [-0.25, -0.2) is 9.96 Å². The zero-order valence-corrected chi connectivity index (χ0v) is 17.3. The Labute approximate surface area is 180 Å². The van der Waals surface area contributed by atoms with Crippen molar-refractivity contribution >= 4 is 23.2 Å². The second kappa shape index (κ2) is 7.56. The molecule has 31 heavy (non-hydrogen) atoms. The van der Waals surface area contributed by atoms with E-state index < -0.39 is 18.1 Å². The fraction of sp³-hybridized carbons (Fsp3) is 0.200. The summed E-state index contributed by atoms with van der Waals surface area (Å²) >= 11 is 0. The van der Waals surface area contributed by atoms with Crippen LogP contribution in [0, 0.1) is 12.8 Å². The number of ether oxygens (including phenoxy) is 1. The SMILES string of the molecule is COc1ccc(N2OC3C(=O)N(c4ccc(C)cc4)C(=O)C3C2c2ccccc2)cc1. The third-order valence-corrected chi connectivity index (χ3v) is 5.88. The number of hydrogen-bond donors (Lipinski definition) is 0. The average Bonchev–Trinajstić information content (AvgIpc) is 3.31. The first-order valence-electron chi connectivity index (χ1n) is 10.2. The zero-order valence-electron chi connectivity index (χ0n) is 17.3. The predicted octanol–water partition coefficient (Wildman–Crippen LogP) is 4.05. The summed E-state index contributed by atoms with van der Waals surface area (Å²) in [5.41, 5.74) is 3.30. The number of aryl methyl sites for hydroxylation is 1. The van der Waals surface area contributed by atoms with Crippen LogP contribution >= 0.6 is 0 Å². The Morgan fingerprint density at radius 3 is 2.10 bits per heavy atom. The van der Waals surface area contributed by atoms with Gasteiger partial charge in [0.05, 0.1) is 24.5 Å². The van der Waals surface area contributed by atoms with E-state index in [1.165, 1.54) is 4.90 Å². The number of hydrogen-bond acceptors (Lipinski definition) is 5. The first-order chi connectivity index (χ1) is 15.1. The van der Waals surface area contributed by atoms with Crippen molar-refractivity contribution in [3.8, 4) is 5.75 Å². The lowest BCUT2D eigenvalue weighted by molar-refractivity contribution is -0.126. The maximum Gasteiger partial charge on any atom is 0.266 e. The van der Waals surface area contributed by atoms with Gasteiger partial charge in [0.2, 0.25) is 5.91 Å². The van der Waals surface area contributed by atoms with E-state index in [4.69, 9.17) is 9.57 Å². The molecule has 2 heterocycles. The summed E-state index contributed by atoms with van der Waals surface area (Å²) in [7, 11) is 1.61. The van der Waals surface area contributed by atoms with Gasteiger partial charge >= 0.3 is 0 Å². The molecule has 6 heteroatoms. The zero-order chi connectivity index (χ0) is 21.5. The number of anilines is 2. The Morgan fingerprint density at radius 2 is 1.45 bits per heavy atom. The van der Waals surface area contributed by atoms with Crippen LogP contribution in [-0.4, -0.2) is 25.0 Å². The van der Waals surface area contributed by atoms with Crippen molar-refractivity contribution in [3.05, 3.63) is 90.0 Å². The molecule has 2 amide bonds. The molecule has 2 aliphatic heterocycles. The topological polar surface area (TPSA) is 59.1 Å². The molecule has 0 aromatic heterocycles. The van der Waals surface area contributed by atoms with Crippen molar-refractivity contribution < 1.29 is 19.2 Å². The van der Waals surface area contributed by atoms with Gasteiger partial charge in [0.1, 0.15) is 11.7 Å². The Kier molecular flexibility index (Phi) is 4.71. The number of imide groups is 1. The molecule has 2 aliphatic rings. The maximum absolute atomic E-state index is 13.5. The minimum Gasteiger partial charge on any atom is -0.497 e. The highest BCUT2D eigenvalue weighted by atomic mass is 16.7. The lowest BCUT2D eigenvalue weighted by atomic mass is 9.90. The summed E-state index contributed by atoms with van der Waals surface area (Å²) in [6, 6.07) is 24.0. The summed E-state index contributed by atoms with van der Waals surface area (Å²) in [6.45, 7) is 1.97. The molecule has 3 aromatic rings. The van der Waals surface area contributed by atoms with Gasteiger partial charge in [-0.05, 0) is 48.9 Å². The van der Waals surface area contributed by atoms with Crippen LogP contribution < -0.4 is 14.7 Å². The summed E-state index contributed by atoms with van der Waals surface area (Å²) in [5.74, 6) is -0.505. The van der Waals surface area contributed by atoms with Crippen molar-refractivity contribution in [2.75, 3.05) is 17.1 Å². The van der Waals surface area contributed by atoms with Crippen LogP contribution in [0.5, 0.6) is 5.75 Å². The molecule has 2 fully saturated rings. The summed E-state index contributed by atoms with van der Waals surface area (Å²) < 4.78 is 5.25. The molecule has 0 radical (unpaired) electrons. The maximum atomic E-state index is 13.5. The molecule has 2 saturated heterocycles. The average molecular weight is 414 g/mol. The summed E-state index contributed by atoms with van der Waals surface area (Å²) in [5, 5.41) is 1.69. The summed E-state index contributed by atoms with van der Waals surface area (Å²) in [4.78, 5) is 34.2. The molecule has 3 unspecified atom stereocenters. The van der Waals surface area contributed by atoms with Gasteiger partial charge in [0.25, 0.3) is 5.91 Å². The monoisotopic (exact) mass is 414 g/mol. The Balaban J connectivity index is 1.55. The fourth-order valence-corrected chi connectivity index (χ4v) is 4.30. The first-order valence-corrected chi connectivity index (χ1v) is 10.2. The Bertz CT molecular complexity index is 1110. The van der Waals surface area contributed by atoms with Gasteiger partial charge < -0.3 is 4.74 Å². The lowest BCUT2D eigenvalue weighted by Crippen LogP contribution is -2.37. The molecule has 0 spiro atoms. The number of carbonyl (C=O) groups excluding carboxylic acids is 2. The van der Waals surface area contributed by atoms with Gasteiger partial charge in [-0.2, -0.15) is 0 Å². The first kappa shape index (κ1) is 19.3. The van der Waals surface area contributed by atoms with Crippen LogP contribution in [0.25, 0.3) is 0 Å². The highest BCUT2D eigenvalue weighted by molar-refractivity contribution is 6.23. The Hall–Kier alpha value is -3.64. The normalized spacial score (nSPS) is 22.7. The third kappa shape index (κ3) is 3.16. The van der Waals surface area contributed by atoms with Gasteiger partial charge in [0, 0.05) is 0 Å². The minimum atomic E-state index is -0.874. The van der Waals surface area contributed by atoms with Crippen molar-refractivity contribution in [3.63, 3.8) is 0 Å². The number of benzene rings is 3. The molecule has 0 saturated carbocycles. The number of nitrogens with zero attached hydrogens (tertiary/aromatic N) is 2. The van der Waals surface area contributed by atoms with Crippen molar-refractivity contribution in [1.29, 1.82) is 0 Å². The van der Waals surface area contributed by atoms with Crippen molar-refractivity contribution in [2.45, 2.75) is 19.1 Å². The van der Waals surface area contributed by atoms with E-state index in [1.54, 1.807) is 24.3 Å². The molecule has 156 valence electrons. The molecule has 0 bridgehead atoms. The third-order valence-electron chi connectivity index (χ3n) is 5.88. The van der Waals surface area contributed by atoms with E-state index in [2.05, 4.69) is 0 Å². The second-order valence-corrected chi connectivity index (χ2v) is 7.78. The molecular weight excluding hydrogens is 392 g/mol. The van der Waals surface area contributed by atoms with Gasteiger partial charge in [-0.15, -0.1) is 0 Å². The molecular formula is C25H22N2O4.